The third-order valence-corrected chi connectivity index (χ3v) is 2.76. The van der Waals surface area contributed by atoms with Crippen molar-refractivity contribution in [1.82, 2.24) is 4.98 Å². The quantitative estimate of drug-likeness (QED) is 0.635. The van der Waals surface area contributed by atoms with Gasteiger partial charge in [-0.2, -0.15) is 0 Å². The van der Waals surface area contributed by atoms with E-state index >= 15 is 0 Å². The molecule has 68 valence electrons. The summed E-state index contributed by atoms with van der Waals surface area (Å²) in [5, 5.41) is 0. The van der Waals surface area contributed by atoms with Crippen molar-refractivity contribution in [2.24, 2.45) is 5.92 Å². The van der Waals surface area contributed by atoms with Gasteiger partial charge in [-0.15, -0.1) is 0 Å². The third kappa shape index (κ3) is 1.97. The van der Waals surface area contributed by atoms with Crippen LogP contribution in [0.2, 0.25) is 0 Å². The van der Waals surface area contributed by atoms with Crippen LogP contribution in [0, 0.1) is 5.92 Å². The van der Waals surface area contributed by atoms with Crippen LogP contribution in [-0.4, -0.2) is 4.98 Å². The largest absolute Gasteiger partial charge is 0.257 e. The maximum atomic E-state index is 4.30. The summed E-state index contributed by atoms with van der Waals surface area (Å²) in [6.07, 6.45) is 8.06. The van der Waals surface area contributed by atoms with Crippen LogP contribution in [-0.2, 0) is 0 Å². The molecule has 0 N–H and O–H groups in total. The topological polar surface area (TPSA) is 12.9 Å². The first kappa shape index (κ1) is 8.49. The van der Waals surface area contributed by atoms with E-state index in [-0.39, 0.29) is 0 Å². The normalized spacial score (nSPS) is 25.3. The lowest BCUT2D eigenvalue weighted by atomic mass is 10.0. The SMILES string of the molecule is CC1CCC/C1=C/c1ccccn1. The highest BCUT2D eigenvalue weighted by molar-refractivity contribution is 5.49. The van der Waals surface area contributed by atoms with Gasteiger partial charge in [0.25, 0.3) is 0 Å². The average Bonchev–Trinajstić information content (AvgIpc) is 2.54. The molecular weight excluding hydrogens is 158 g/mol. The van der Waals surface area contributed by atoms with Gasteiger partial charge in [0.1, 0.15) is 0 Å². The molecule has 1 saturated carbocycles. The Bertz CT molecular complexity index is 300. The van der Waals surface area contributed by atoms with Gasteiger partial charge < -0.3 is 0 Å². The zero-order valence-electron chi connectivity index (χ0n) is 8.03. The van der Waals surface area contributed by atoms with Gasteiger partial charge in [0.15, 0.2) is 0 Å². The van der Waals surface area contributed by atoms with Crippen molar-refractivity contribution < 1.29 is 0 Å². The van der Waals surface area contributed by atoms with Gasteiger partial charge >= 0.3 is 0 Å². The van der Waals surface area contributed by atoms with E-state index in [1.807, 2.05) is 18.3 Å². The van der Waals surface area contributed by atoms with Crippen molar-refractivity contribution in [3.63, 3.8) is 0 Å². The second kappa shape index (κ2) is 3.73. The number of nitrogens with zero attached hydrogens (tertiary/aromatic N) is 1. The van der Waals surface area contributed by atoms with Crippen LogP contribution in [0.3, 0.4) is 0 Å². The molecule has 1 aromatic heterocycles. The lowest BCUT2D eigenvalue weighted by Gasteiger charge is -2.03. The first-order valence-corrected chi connectivity index (χ1v) is 4.98. The monoisotopic (exact) mass is 173 g/mol. The van der Waals surface area contributed by atoms with Crippen LogP contribution in [0.1, 0.15) is 31.9 Å². The highest BCUT2D eigenvalue weighted by Gasteiger charge is 2.15. The highest BCUT2D eigenvalue weighted by Crippen LogP contribution is 2.31. The second-order valence-electron chi connectivity index (χ2n) is 3.77. The lowest BCUT2D eigenvalue weighted by Crippen LogP contribution is -1.89. The molecule has 0 spiro atoms. The number of hydrogen-bond acceptors (Lipinski definition) is 1. The fourth-order valence-corrected chi connectivity index (χ4v) is 1.91. The van der Waals surface area contributed by atoms with E-state index in [9.17, 15) is 0 Å². The predicted octanol–water partition coefficient (Wildman–Crippen LogP) is 3.29. The van der Waals surface area contributed by atoms with E-state index in [1.165, 1.54) is 19.3 Å². The molecule has 1 fully saturated rings. The zero-order chi connectivity index (χ0) is 9.10. The highest BCUT2D eigenvalue weighted by atomic mass is 14.6. The summed E-state index contributed by atoms with van der Waals surface area (Å²) in [6.45, 7) is 2.31. The minimum Gasteiger partial charge on any atom is -0.257 e. The summed E-state index contributed by atoms with van der Waals surface area (Å²) >= 11 is 0. The number of allylic oxidation sites excluding steroid dienone is 1. The molecule has 1 aromatic rings. The second-order valence-corrected chi connectivity index (χ2v) is 3.77. The van der Waals surface area contributed by atoms with Crippen LogP contribution in [0.15, 0.2) is 30.0 Å². The predicted molar refractivity (Wildman–Crippen MR) is 55.2 cm³/mol. The molecule has 1 nitrogen and oxygen atoms in total. The molecule has 1 heterocycles. The summed E-state index contributed by atoms with van der Waals surface area (Å²) in [7, 11) is 0. The van der Waals surface area contributed by atoms with E-state index in [4.69, 9.17) is 0 Å². The molecule has 1 unspecified atom stereocenters. The number of aromatic nitrogens is 1. The molecule has 0 saturated heterocycles. The van der Waals surface area contributed by atoms with Crippen LogP contribution < -0.4 is 0 Å². The molecule has 0 bridgehead atoms. The van der Waals surface area contributed by atoms with Gasteiger partial charge in [-0.05, 0) is 43.4 Å². The Labute approximate surface area is 79.5 Å². The molecule has 0 aliphatic heterocycles. The van der Waals surface area contributed by atoms with E-state index in [1.54, 1.807) is 5.57 Å². The van der Waals surface area contributed by atoms with Gasteiger partial charge in [0.2, 0.25) is 0 Å². The van der Waals surface area contributed by atoms with Gasteiger partial charge in [-0.25, -0.2) is 0 Å². The Balaban J connectivity index is 2.20. The Hall–Kier alpha value is -1.11. The molecule has 1 atom stereocenters. The summed E-state index contributed by atoms with van der Waals surface area (Å²) in [5.74, 6) is 0.766. The van der Waals surface area contributed by atoms with Gasteiger partial charge in [0.05, 0.1) is 5.69 Å². The molecular formula is C12H15N. The Morgan fingerprint density at radius 1 is 1.46 bits per heavy atom. The van der Waals surface area contributed by atoms with E-state index < -0.39 is 0 Å². The number of rotatable bonds is 1. The molecule has 13 heavy (non-hydrogen) atoms. The van der Waals surface area contributed by atoms with Crippen molar-refractivity contribution in [2.45, 2.75) is 26.2 Å². The molecule has 0 radical (unpaired) electrons. The lowest BCUT2D eigenvalue weighted by molar-refractivity contribution is 0.698. The Kier molecular flexibility index (Phi) is 2.44. The molecule has 0 aromatic carbocycles. The van der Waals surface area contributed by atoms with Crippen LogP contribution in [0.4, 0.5) is 0 Å². The Morgan fingerprint density at radius 3 is 3.00 bits per heavy atom. The van der Waals surface area contributed by atoms with Gasteiger partial charge in [0, 0.05) is 6.20 Å². The fourth-order valence-electron chi connectivity index (χ4n) is 1.91. The van der Waals surface area contributed by atoms with Crippen molar-refractivity contribution >= 4 is 6.08 Å². The fraction of sp³-hybridized carbons (Fsp3) is 0.417. The molecule has 2 rings (SSSR count). The summed E-state index contributed by atoms with van der Waals surface area (Å²) in [5.41, 5.74) is 2.67. The summed E-state index contributed by atoms with van der Waals surface area (Å²) < 4.78 is 0. The van der Waals surface area contributed by atoms with E-state index in [2.05, 4.69) is 24.1 Å². The Morgan fingerprint density at radius 2 is 2.38 bits per heavy atom. The minimum absolute atomic E-state index is 0.766. The molecule has 0 amide bonds. The maximum absolute atomic E-state index is 4.30. The average molecular weight is 173 g/mol. The smallest absolute Gasteiger partial charge is 0.0629 e. The first-order valence-electron chi connectivity index (χ1n) is 4.98. The standard InChI is InChI=1S/C12H15N/c1-10-5-4-6-11(10)9-12-7-2-3-8-13-12/h2-3,7-10H,4-6H2,1H3/b11-9-. The first-order chi connectivity index (χ1) is 6.36. The third-order valence-electron chi connectivity index (χ3n) is 2.76. The van der Waals surface area contributed by atoms with Crippen molar-refractivity contribution in [3.05, 3.63) is 35.7 Å². The van der Waals surface area contributed by atoms with Gasteiger partial charge in [-0.1, -0.05) is 18.6 Å². The van der Waals surface area contributed by atoms with E-state index in [0.717, 1.165) is 11.6 Å². The van der Waals surface area contributed by atoms with E-state index in [0.29, 0.717) is 0 Å². The van der Waals surface area contributed by atoms with Crippen LogP contribution in [0.5, 0.6) is 0 Å². The van der Waals surface area contributed by atoms with Crippen molar-refractivity contribution in [2.75, 3.05) is 0 Å². The minimum atomic E-state index is 0.766. The van der Waals surface area contributed by atoms with Crippen molar-refractivity contribution in [1.29, 1.82) is 0 Å². The van der Waals surface area contributed by atoms with Crippen LogP contribution in [0.25, 0.3) is 6.08 Å². The van der Waals surface area contributed by atoms with Crippen molar-refractivity contribution in [3.8, 4) is 0 Å². The maximum Gasteiger partial charge on any atom is 0.0629 e. The molecule has 1 aliphatic rings. The molecule has 1 heteroatoms. The number of pyridine rings is 1. The number of hydrogen-bond donors (Lipinski definition) is 0. The zero-order valence-corrected chi connectivity index (χ0v) is 8.03. The van der Waals surface area contributed by atoms with Crippen LogP contribution >= 0.6 is 0 Å². The summed E-state index contributed by atoms with van der Waals surface area (Å²) in [6, 6.07) is 6.07. The summed E-state index contributed by atoms with van der Waals surface area (Å²) in [4.78, 5) is 4.30. The van der Waals surface area contributed by atoms with Gasteiger partial charge in [-0.3, -0.25) is 4.98 Å². The molecule has 1 aliphatic carbocycles.